The number of carboxylic acid groups (broad SMARTS) is 1. The van der Waals surface area contributed by atoms with E-state index < -0.39 is 23.1 Å². The van der Waals surface area contributed by atoms with Gasteiger partial charge in [0.2, 0.25) is 0 Å². The van der Waals surface area contributed by atoms with Crippen LogP contribution in [0.2, 0.25) is 0 Å². The second-order valence-corrected chi connectivity index (χ2v) is 5.58. The van der Waals surface area contributed by atoms with Crippen molar-refractivity contribution in [2.24, 2.45) is 0 Å². The van der Waals surface area contributed by atoms with Gasteiger partial charge in [-0.15, -0.1) is 0 Å². The van der Waals surface area contributed by atoms with E-state index in [-0.39, 0.29) is 12.4 Å². The predicted octanol–water partition coefficient (Wildman–Crippen LogP) is 2.72. The summed E-state index contributed by atoms with van der Waals surface area (Å²) in [5, 5.41) is 12.4. The van der Waals surface area contributed by atoms with Crippen LogP contribution in [0.25, 0.3) is 0 Å². The third kappa shape index (κ3) is 4.39. The first-order valence-corrected chi connectivity index (χ1v) is 7.00. The molecule has 0 radical (unpaired) electrons. The van der Waals surface area contributed by atoms with Gasteiger partial charge in [-0.2, -0.15) is 0 Å². The molecule has 0 saturated heterocycles. The second-order valence-electron chi connectivity index (χ2n) is 5.58. The lowest BCUT2D eigenvalue weighted by molar-refractivity contribution is -0.144. The maximum Gasteiger partial charge on any atom is 0.323 e. The number of hydrogen-bond donors (Lipinski definition) is 2. The van der Waals surface area contributed by atoms with Crippen molar-refractivity contribution in [2.45, 2.75) is 44.2 Å². The van der Waals surface area contributed by atoms with Crippen LogP contribution in [0, 0.1) is 11.6 Å². The van der Waals surface area contributed by atoms with E-state index in [1.165, 1.54) is 6.07 Å². The van der Waals surface area contributed by atoms with Gasteiger partial charge in [-0.05, 0) is 44.7 Å². The van der Waals surface area contributed by atoms with Crippen molar-refractivity contribution < 1.29 is 23.4 Å². The molecule has 1 aliphatic rings. The van der Waals surface area contributed by atoms with Gasteiger partial charge in [-0.1, -0.05) is 0 Å². The first-order chi connectivity index (χ1) is 9.90. The second kappa shape index (κ2) is 6.39. The molecule has 4 nitrogen and oxygen atoms in total. The van der Waals surface area contributed by atoms with Crippen LogP contribution >= 0.6 is 0 Å². The van der Waals surface area contributed by atoms with Crippen LogP contribution in [0.4, 0.5) is 8.78 Å². The highest BCUT2D eigenvalue weighted by atomic mass is 19.2. The highest BCUT2D eigenvalue weighted by molar-refractivity contribution is 5.78. The van der Waals surface area contributed by atoms with Gasteiger partial charge in [0, 0.05) is 12.1 Å². The molecule has 0 bridgehead atoms. The molecule has 1 atom stereocenters. The lowest BCUT2D eigenvalue weighted by Gasteiger charge is -2.26. The van der Waals surface area contributed by atoms with E-state index in [2.05, 4.69) is 5.32 Å². The van der Waals surface area contributed by atoms with Crippen LogP contribution in [0.3, 0.4) is 0 Å². The first kappa shape index (κ1) is 15.7. The Morgan fingerprint density at radius 3 is 2.71 bits per heavy atom. The largest absolute Gasteiger partial charge is 0.493 e. The quantitative estimate of drug-likeness (QED) is 0.725. The van der Waals surface area contributed by atoms with Crippen molar-refractivity contribution in [3.63, 3.8) is 0 Å². The number of halogens is 2. The zero-order valence-corrected chi connectivity index (χ0v) is 11.9. The van der Waals surface area contributed by atoms with Crippen molar-refractivity contribution in [3.05, 3.63) is 29.8 Å². The van der Waals surface area contributed by atoms with Gasteiger partial charge in [0.05, 0.1) is 6.61 Å². The van der Waals surface area contributed by atoms with E-state index in [0.717, 1.165) is 25.0 Å². The minimum absolute atomic E-state index is 0.237. The molecule has 1 saturated carbocycles. The summed E-state index contributed by atoms with van der Waals surface area (Å²) in [4.78, 5) is 11.3. The van der Waals surface area contributed by atoms with Gasteiger partial charge < -0.3 is 9.84 Å². The molecule has 0 heterocycles. The number of rotatable bonds is 8. The molecule has 0 amide bonds. The fraction of sp³-hybridized carbons (Fsp3) is 0.533. The molecular formula is C15H19F2NO3. The Morgan fingerprint density at radius 2 is 2.14 bits per heavy atom. The summed E-state index contributed by atoms with van der Waals surface area (Å²) in [7, 11) is 0. The number of ether oxygens (including phenoxy) is 1. The molecule has 1 fully saturated rings. The Hall–Kier alpha value is -1.69. The first-order valence-electron chi connectivity index (χ1n) is 7.00. The number of benzene rings is 1. The summed E-state index contributed by atoms with van der Waals surface area (Å²) in [6.45, 7) is 1.91. The summed E-state index contributed by atoms with van der Waals surface area (Å²) in [6, 6.07) is 3.62. The van der Waals surface area contributed by atoms with E-state index in [1.54, 1.807) is 6.92 Å². The van der Waals surface area contributed by atoms with Gasteiger partial charge in [0.1, 0.15) is 11.3 Å². The van der Waals surface area contributed by atoms with Crippen LogP contribution in [0.1, 0.15) is 32.6 Å². The SMILES string of the molecule is CC(CCCOc1ccc(F)c(F)c1)(NC1CC1)C(=O)O. The van der Waals surface area contributed by atoms with Gasteiger partial charge in [-0.3, -0.25) is 10.1 Å². The van der Waals surface area contributed by atoms with E-state index in [4.69, 9.17) is 4.74 Å². The number of hydrogen-bond acceptors (Lipinski definition) is 3. The monoisotopic (exact) mass is 299 g/mol. The standard InChI is InChI=1S/C15H19F2NO3/c1-15(14(19)20,18-10-3-4-10)7-2-8-21-11-5-6-12(16)13(17)9-11/h5-6,9-10,18H,2-4,7-8H2,1H3,(H,19,20). The number of carbonyl (C=O) groups is 1. The van der Waals surface area contributed by atoms with Crippen LogP contribution in [-0.2, 0) is 4.79 Å². The maximum atomic E-state index is 13.0. The zero-order valence-electron chi connectivity index (χ0n) is 11.9. The van der Waals surface area contributed by atoms with E-state index >= 15 is 0 Å². The van der Waals surface area contributed by atoms with Gasteiger partial charge in [-0.25, -0.2) is 8.78 Å². The lowest BCUT2D eigenvalue weighted by Crippen LogP contribution is -2.50. The Labute approximate surface area is 122 Å². The molecule has 0 aliphatic heterocycles. The van der Waals surface area contributed by atoms with E-state index in [1.807, 2.05) is 0 Å². The van der Waals surface area contributed by atoms with E-state index in [0.29, 0.717) is 18.9 Å². The highest BCUT2D eigenvalue weighted by Gasteiger charge is 2.37. The molecule has 1 unspecified atom stereocenters. The van der Waals surface area contributed by atoms with Crippen molar-refractivity contribution >= 4 is 5.97 Å². The minimum Gasteiger partial charge on any atom is -0.493 e. The highest BCUT2D eigenvalue weighted by Crippen LogP contribution is 2.25. The molecule has 2 N–H and O–H groups in total. The topological polar surface area (TPSA) is 58.6 Å². The summed E-state index contributed by atoms with van der Waals surface area (Å²) in [5.41, 5.74) is -0.974. The van der Waals surface area contributed by atoms with Gasteiger partial charge >= 0.3 is 5.97 Å². The third-order valence-corrected chi connectivity index (χ3v) is 3.55. The van der Waals surface area contributed by atoms with Crippen LogP contribution in [0.5, 0.6) is 5.75 Å². The maximum absolute atomic E-state index is 13.0. The summed E-state index contributed by atoms with van der Waals surface area (Å²) < 4.78 is 31.1. The van der Waals surface area contributed by atoms with Crippen molar-refractivity contribution in [3.8, 4) is 5.75 Å². The number of carboxylic acids is 1. The molecule has 1 aromatic rings. The Balaban J connectivity index is 1.79. The average molecular weight is 299 g/mol. The van der Waals surface area contributed by atoms with Crippen molar-refractivity contribution in [2.75, 3.05) is 6.61 Å². The molecule has 116 valence electrons. The Kier molecular flexibility index (Phi) is 4.77. The molecular weight excluding hydrogens is 280 g/mol. The fourth-order valence-electron chi connectivity index (χ4n) is 2.10. The normalized spacial score (nSPS) is 17.3. The zero-order chi connectivity index (χ0) is 15.5. The molecule has 6 heteroatoms. The average Bonchev–Trinajstić information content (AvgIpc) is 3.22. The molecule has 0 spiro atoms. The number of aliphatic carboxylic acids is 1. The molecule has 1 aromatic carbocycles. The van der Waals surface area contributed by atoms with Gasteiger partial charge in [0.25, 0.3) is 0 Å². The third-order valence-electron chi connectivity index (χ3n) is 3.55. The van der Waals surface area contributed by atoms with Gasteiger partial charge in [0.15, 0.2) is 11.6 Å². The minimum atomic E-state index is -0.974. The summed E-state index contributed by atoms with van der Waals surface area (Å²) in [6.07, 6.45) is 2.92. The molecule has 1 aliphatic carbocycles. The fourth-order valence-corrected chi connectivity index (χ4v) is 2.10. The van der Waals surface area contributed by atoms with Crippen molar-refractivity contribution in [1.29, 1.82) is 0 Å². The smallest absolute Gasteiger partial charge is 0.323 e. The van der Waals surface area contributed by atoms with E-state index in [9.17, 15) is 18.7 Å². The summed E-state index contributed by atoms with van der Waals surface area (Å²) in [5.74, 6) is -2.53. The molecule has 21 heavy (non-hydrogen) atoms. The van der Waals surface area contributed by atoms with Crippen LogP contribution < -0.4 is 10.1 Å². The van der Waals surface area contributed by atoms with Crippen LogP contribution in [-0.4, -0.2) is 29.3 Å². The molecule has 2 rings (SSSR count). The summed E-state index contributed by atoms with van der Waals surface area (Å²) >= 11 is 0. The predicted molar refractivity (Wildman–Crippen MR) is 73.3 cm³/mol. The lowest BCUT2D eigenvalue weighted by atomic mass is 9.96. The Bertz CT molecular complexity index is 520. The molecule has 0 aromatic heterocycles. The van der Waals surface area contributed by atoms with Crippen molar-refractivity contribution in [1.82, 2.24) is 5.32 Å². The number of nitrogens with one attached hydrogen (secondary N) is 1. The van der Waals surface area contributed by atoms with Crippen LogP contribution in [0.15, 0.2) is 18.2 Å². The Morgan fingerprint density at radius 1 is 1.43 bits per heavy atom.